The number of carboxylic acid groups (broad SMARTS) is 1. The Balaban J connectivity index is 2.15. The smallest absolute Gasteiger partial charge is 0.407 e. The molecule has 0 aromatic heterocycles. The van der Waals surface area contributed by atoms with Crippen LogP contribution in [0.1, 0.15) is 26.3 Å². The number of hydrogen-bond donors (Lipinski definition) is 1. The molecule has 1 atom stereocenters. The van der Waals surface area contributed by atoms with E-state index in [1.165, 1.54) is 17.0 Å². The van der Waals surface area contributed by atoms with Crippen LogP contribution in [0.25, 0.3) is 0 Å². The van der Waals surface area contributed by atoms with Gasteiger partial charge in [-0.3, -0.25) is 15.0 Å². The Morgan fingerprint density at radius 3 is 2.62 bits per heavy atom. The fourth-order valence-corrected chi connectivity index (χ4v) is 3.01. The molecule has 0 bridgehead atoms. The number of amides is 1. The van der Waals surface area contributed by atoms with Crippen molar-refractivity contribution in [3.63, 3.8) is 0 Å². The van der Waals surface area contributed by atoms with Crippen LogP contribution in [0, 0.1) is 21.3 Å². The van der Waals surface area contributed by atoms with Gasteiger partial charge in [-0.15, -0.1) is 0 Å². The molecule has 8 heteroatoms. The number of nitro groups is 1. The molecule has 1 fully saturated rings. The van der Waals surface area contributed by atoms with Gasteiger partial charge in [0.05, 0.1) is 11.0 Å². The largest absolute Gasteiger partial charge is 0.465 e. The second-order valence-electron chi connectivity index (χ2n) is 7.14. The van der Waals surface area contributed by atoms with Gasteiger partial charge in [0.2, 0.25) is 5.82 Å². The van der Waals surface area contributed by atoms with E-state index >= 15 is 0 Å². The Morgan fingerprint density at radius 1 is 1.42 bits per heavy atom. The van der Waals surface area contributed by atoms with Crippen molar-refractivity contribution < 1.29 is 19.2 Å². The maximum absolute atomic E-state index is 13.4. The van der Waals surface area contributed by atoms with Crippen LogP contribution in [-0.2, 0) is 6.54 Å². The second kappa shape index (κ2) is 6.72. The molecule has 1 aromatic rings. The molecule has 1 aliphatic rings. The zero-order valence-electron chi connectivity index (χ0n) is 14.0. The molecule has 24 heavy (non-hydrogen) atoms. The van der Waals surface area contributed by atoms with Crippen molar-refractivity contribution in [2.24, 2.45) is 5.41 Å². The molecule has 1 aliphatic heterocycles. The Kier molecular flexibility index (Phi) is 5.08. The normalized spacial score (nSPS) is 19.3. The van der Waals surface area contributed by atoms with E-state index in [0.717, 1.165) is 6.07 Å². The summed E-state index contributed by atoms with van der Waals surface area (Å²) in [5.74, 6) is -0.855. The number of carbonyl (C=O) groups is 1. The number of piperazine rings is 1. The van der Waals surface area contributed by atoms with E-state index in [1.54, 1.807) is 0 Å². The maximum atomic E-state index is 13.4. The molecule has 1 N–H and O–H groups in total. The predicted molar refractivity (Wildman–Crippen MR) is 86.3 cm³/mol. The maximum Gasteiger partial charge on any atom is 0.407 e. The monoisotopic (exact) mass is 339 g/mol. The van der Waals surface area contributed by atoms with E-state index in [-0.39, 0.29) is 11.5 Å². The third kappa shape index (κ3) is 4.00. The number of benzene rings is 1. The molecule has 7 nitrogen and oxygen atoms in total. The van der Waals surface area contributed by atoms with Crippen LogP contribution >= 0.6 is 0 Å². The molecule has 0 aliphatic carbocycles. The summed E-state index contributed by atoms with van der Waals surface area (Å²) in [5.41, 5.74) is -0.130. The van der Waals surface area contributed by atoms with Crippen LogP contribution in [0.5, 0.6) is 0 Å². The van der Waals surface area contributed by atoms with Gasteiger partial charge in [0.1, 0.15) is 0 Å². The van der Waals surface area contributed by atoms with Crippen LogP contribution in [0.15, 0.2) is 18.2 Å². The second-order valence-corrected chi connectivity index (χ2v) is 7.14. The number of nitro benzene ring substituents is 1. The molecular formula is C16H22FN3O4. The van der Waals surface area contributed by atoms with Crippen molar-refractivity contribution in [1.82, 2.24) is 9.80 Å². The fraction of sp³-hybridized carbons (Fsp3) is 0.562. The van der Waals surface area contributed by atoms with Gasteiger partial charge in [0.25, 0.3) is 0 Å². The topological polar surface area (TPSA) is 86.9 Å². The summed E-state index contributed by atoms with van der Waals surface area (Å²) in [4.78, 5) is 25.0. The predicted octanol–water partition coefficient (Wildman–Crippen LogP) is 2.94. The summed E-state index contributed by atoms with van der Waals surface area (Å²) in [6.45, 7) is 7.81. The van der Waals surface area contributed by atoms with Crippen molar-refractivity contribution in [1.29, 1.82) is 0 Å². The van der Waals surface area contributed by atoms with Crippen molar-refractivity contribution in [2.45, 2.75) is 33.4 Å². The van der Waals surface area contributed by atoms with E-state index in [4.69, 9.17) is 0 Å². The number of hydrogen-bond acceptors (Lipinski definition) is 4. The van der Waals surface area contributed by atoms with Crippen molar-refractivity contribution in [2.75, 3.05) is 19.6 Å². The molecule has 2 rings (SSSR count). The minimum atomic E-state index is -0.938. The molecule has 1 amide bonds. The summed E-state index contributed by atoms with van der Waals surface area (Å²) >= 11 is 0. The third-order valence-corrected chi connectivity index (χ3v) is 4.32. The lowest BCUT2D eigenvalue weighted by Gasteiger charge is -2.46. The first kappa shape index (κ1) is 18.1. The van der Waals surface area contributed by atoms with E-state index < -0.39 is 22.5 Å². The highest BCUT2D eigenvalue weighted by molar-refractivity contribution is 5.65. The van der Waals surface area contributed by atoms with Gasteiger partial charge in [0.15, 0.2) is 0 Å². The molecule has 1 unspecified atom stereocenters. The molecule has 1 heterocycles. The summed E-state index contributed by atoms with van der Waals surface area (Å²) in [5, 5.41) is 20.2. The quantitative estimate of drug-likeness (QED) is 0.676. The highest BCUT2D eigenvalue weighted by atomic mass is 19.1. The average Bonchev–Trinajstić information content (AvgIpc) is 2.47. The molecule has 1 aromatic carbocycles. The van der Waals surface area contributed by atoms with Gasteiger partial charge in [-0.25, -0.2) is 4.79 Å². The first-order valence-electron chi connectivity index (χ1n) is 7.74. The fourth-order valence-electron chi connectivity index (χ4n) is 3.01. The van der Waals surface area contributed by atoms with Gasteiger partial charge in [-0.1, -0.05) is 26.8 Å². The zero-order chi connectivity index (χ0) is 18.1. The van der Waals surface area contributed by atoms with E-state index in [1.807, 2.05) is 25.7 Å². The SMILES string of the molecule is CC(C)(C)C1CN(Cc2ccc(F)c([N+](=O)[O-])c2)CCN1C(=O)O. The van der Waals surface area contributed by atoms with E-state index in [0.29, 0.717) is 31.7 Å². The summed E-state index contributed by atoms with van der Waals surface area (Å²) in [7, 11) is 0. The highest BCUT2D eigenvalue weighted by Crippen LogP contribution is 2.29. The third-order valence-electron chi connectivity index (χ3n) is 4.32. The first-order valence-corrected chi connectivity index (χ1v) is 7.74. The minimum Gasteiger partial charge on any atom is -0.465 e. The van der Waals surface area contributed by atoms with Gasteiger partial charge in [-0.2, -0.15) is 4.39 Å². The van der Waals surface area contributed by atoms with Crippen LogP contribution in [0.4, 0.5) is 14.9 Å². The number of rotatable bonds is 3. The lowest BCUT2D eigenvalue weighted by atomic mass is 9.84. The molecule has 0 radical (unpaired) electrons. The number of halogens is 1. The van der Waals surface area contributed by atoms with Gasteiger partial charge in [0, 0.05) is 32.2 Å². The lowest BCUT2D eigenvalue weighted by Crippen LogP contribution is -2.59. The Hall–Kier alpha value is -2.22. The Labute approximate surface area is 139 Å². The van der Waals surface area contributed by atoms with Gasteiger partial charge < -0.3 is 10.0 Å². The van der Waals surface area contributed by atoms with Gasteiger partial charge >= 0.3 is 11.8 Å². The summed E-state index contributed by atoms with van der Waals surface area (Å²) in [6.07, 6.45) is -0.938. The van der Waals surface area contributed by atoms with E-state index in [2.05, 4.69) is 0 Å². The van der Waals surface area contributed by atoms with Crippen LogP contribution < -0.4 is 0 Å². The summed E-state index contributed by atoms with van der Waals surface area (Å²) < 4.78 is 13.4. The molecule has 132 valence electrons. The van der Waals surface area contributed by atoms with Crippen LogP contribution in [-0.4, -0.2) is 51.6 Å². The lowest BCUT2D eigenvalue weighted by molar-refractivity contribution is -0.387. The molecule has 1 saturated heterocycles. The zero-order valence-corrected chi connectivity index (χ0v) is 14.0. The van der Waals surface area contributed by atoms with Crippen LogP contribution in [0.3, 0.4) is 0 Å². The first-order chi connectivity index (χ1) is 11.1. The molecule has 0 spiro atoms. The summed E-state index contributed by atoms with van der Waals surface area (Å²) in [6, 6.07) is 3.68. The van der Waals surface area contributed by atoms with Crippen molar-refractivity contribution in [3.8, 4) is 0 Å². The molecular weight excluding hydrogens is 317 g/mol. The Bertz CT molecular complexity index is 645. The minimum absolute atomic E-state index is 0.181. The van der Waals surface area contributed by atoms with Crippen LogP contribution in [0.2, 0.25) is 0 Å². The van der Waals surface area contributed by atoms with Crippen molar-refractivity contribution >= 4 is 11.8 Å². The standard InChI is InChI=1S/C16H22FN3O4/c1-16(2,3)14-10-18(6-7-19(14)15(21)22)9-11-4-5-12(17)13(8-11)20(23)24/h4-5,8,14H,6-7,9-10H2,1-3H3,(H,21,22). The number of nitrogens with zero attached hydrogens (tertiary/aromatic N) is 3. The Morgan fingerprint density at radius 2 is 2.08 bits per heavy atom. The average molecular weight is 339 g/mol. The highest BCUT2D eigenvalue weighted by Gasteiger charge is 2.37. The van der Waals surface area contributed by atoms with Gasteiger partial charge in [-0.05, 0) is 17.0 Å². The van der Waals surface area contributed by atoms with Crippen molar-refractivity contribution in [3.05, 3.63) is 39.7 Å². The van der Waals surface area contributed by atoms with E-state index in [9.17, 15) is 24.4 Å². The molecule has 0 saturated carbocycles.